The minimum Gasteiger partial charge on any atom is -0.466 e. The number of esters is 1. The van der Waals surface area contributed by atoms with Crippen molar-refractivity contribution in [1.29, 1.82) is 0 Å². The number of hydrogen-bond acceptors (Lipinski definition) is 2. The van der Waals surface area contributed by atoms with Crippen LogP contribution in [0.3, 0.4) is 0 Å². The third-order valence-electron chi connectivity index (χ3n) is 3.05. The molecule has 2 nitrogen and oxygen atoms in total. The molecule has 0 heterocycles. The summed E-state index contributed by atoms with van der Waals surface area (Å²) in [7, 11) is 0. The van der Waals surface area contributed by atoms with Crippen LogP contribution in [0.2, 0.25) is 0 Å². The molecule has 0 aliphatic heterocycles. The Morgan fingerprint density at radius 3 is 3.23 bits per heavy atom. The molecule has 0 N–H and O–H groups in total. The smallest absolute Gasteiger partial charge is 0.309 e. The number of fused-ring (bicyclic) bond motifs is 1. The maximum atomic E-state index is 11.4. The molecule has 0 spiro atoms. The molecule has 13 heavy (non-hydrogen) atoms. The van der Waals surface area contributed by atoms with E-state index in [1.165, 1.54) is 19.3 Å². The highest BCUT2D eigenvalue weighted by Gasteiger charge is 2.53. The first kappa shape index (κ1) is 8.79. The molecular formula is C11H16O2. The SMILES string of the molecule is CCOC(=O)[C@@H]1[C@@H]2C=CCCC[C@@H]21. The van der Waals surface area contributed by atoms with Crippen LogP contribution in [0.25, 0.3) is 0 Å². The summed E-state index contributed by atoms with van der Waals surface area (Å²) in [4.78, 5) is 11.4. The van der Waals surface area contributed by atoms with Crippen LogP contribution >= 0.6 is 0 Å². The van der Waals surface area contributed by atoms with E-state index in [9.17, 15) is 4.79 Å². The molecule has 0 radical (unpaired) electrons. The van der Waals surface area contributed by atoms with Crippen LogP contribution in [-0.2, 0) is 9.53 Å². The molecule has 2 rings (SSSR count). The van der Waals surface area contributed by atoms with Gasteiger partial charge in [0, 0.05) is 0 Å². The van der Waals surface area contributed by atoms with Gasteiger partial charge in [0.15, 0.2) is 0 Å². The van der Waals surface area contributed by atoms with Crippen molar-refractivity contribution in [2.45, 2.75) is 26.2 Å². The fourth-order valence-corrected chi connectivity index (χ4v) is 2.33. The minimum absolute atomic E-state index is 0.0176. The van der Waals surface area contributed by atoms with E-state index in [0.29, 0.717) is 18.4 Å². The number of rotatable bonds is 2. The number of carbonyl (C=O) groups excluding carboxylic acids is 1. The van der Waals surface area contributed by atoms with Crippen molar-refractivity contribution in [1.82, 2.24) is 0 Å². The number of carbonyl (C=O) groups is 1. The zero-order chi connectivity index (χ0) is 9.26. The summed E-state index contributed by atoms with van der Waals surface area (Å²) < 4.78 is 5.03. The molecule has 0 aromatic carbocycles. The van der Waals surface area contributed by atoms with Gasteiger partial charge in [-0.15, -0.1) is 0 Å². The molecule has 0 aromatic heterocycles. The molecule has 3 atom stereocenters. The van der Waals surface area contributed by atoms with E-state index in [1.54, 1.807) is 0 Å². The van der Waals surface area contributed by atoms with Gasteiger partial charge < -0.3 is 4.74 Å². The first-order valence-corrected chi connectivity index (χ1v) is 5.18. The van der Waals surface area contributed by atoms with Crippen molar-refractivity contribution in [3.05, 3.63) is 12.2 Å². The Bertz CT molecular complexity index is 232. The summed E-state index contributed by atoms with van der Waals surface area (Å²) in [6, 6.07) is 0. The first-order valence-electron chi connectivity index (χ1n) is 5.18. The summed E-state index contributed by atoms with van der Waals surface area (Å²) in [5.41, 5.74) is 0. The molecule has 2 heteroatoms. The van der Waals surface area contributed by atoms with Crippen LogP contribution in [0.1, 0.15) is 26.2 Å². The third kappa shape index (κ3) is 1.62. The van der Waals surface area contributed by atoms with Crippen molar-refractivity contribution in [2.75, 3.05) is 6.61 Å². The Labute approximate surface area is 79.0 Å². The fraction of sp³-hybridized carbons (Fsp3) is 0.727. The van der Waals surface area contributed by atoms with Crippen molar-refractivity contribution in [2.24, 2.45) is 17.8 Å². The maximum Gasteiger partial charge on any atom is 0.309 e. The molecule has 1 saturated carbocycles. The van der Waals surface area contributed by atoms with E-state index in [2.05, 4.69) is 12.2 Å². The molecule has 72 valence electrons. The van der Waals surface area contributed by atoms with Gasteiger partial charge in [-0.3, -0.25) is 4.79 Å². The van der Waals surface area contributed by atoms with Gasteiger partial charge in [-0.05, 0) is 38.0 Å². The third-order valence-corrected chi connectivity index (χ3v) is 3.05. The van der Waals surface area contributed by atoms with Crippen LogP contribution in [0.5, 0.6) is 0 Å². The Hall–Kier alpha value is -0.790. The van der Waals surface area contributed by atoms with Crippen molar-refractivity contribution in [3.8, 4) is 0 Å². The quantitative estimate of drug-likeness (QED) is 0.481. The Balaban J connectivity index is 1.94. The van der Waals surface area contributed by atoms with Gasteiger partial charge in [0.25, 0.3) is 0 Å². The fourth-order valence-electron chi connectivity index (χ4n) is 2.33. The molecule has 0 unspecified atom stereocenters. The number of hydrogen-bond donors (Lipinski definition) is 0. The number of allylic oxidation sites excluding steroid dienone is 2. The van der Waals surface area contributed by atoms with Gasteiger partial charge in [0.05, 0.1) is 12.5 Å². The van der Waals surface area contributed by atoms with Crippen molar-refractivity contribution in [3.63, 3.8) is 0 Å². The Morgan fingerprint density at radius 2 is 2.46 bits per heavy atom. The molecule has 1 fully saturated rings. The molecule has 2 aliphatic carbocycles. The number of ether oxygens (including phenoxy) is 1. The van der Waals surface area contributed by atoms with Gasteiger partial charge >= 0.3 is 5.97 Å². The highest BCUT2D eigenvalue weighted by atomic mass is 16.5. The Morgan fingerprint density at radius 1 is 1.62 bits per heavy atom. The van der Waals surface area contributed by atoms with E-state index < -0.39 is 0 Å². The van der Waals surface area contributed by atoms with E-state index in [-0.39, 0.29) is 11.9 Å². The molecule has 0 bridgehead atoms. The molecule has 0 aromatic rings. The highest BCUT2D eigenvalue weighted by molar-refractivity contribution is 5.77. The summed E-state index contributed by atoms with van der Waals surface area (Å²) in [6.07, 6.45) is 8.03. The normalized spacial score (nSPS) is 36.2. The molecule has 0 saturated heterocycles. The van der Waals surface area contributed by atoms with E-state index in [0.717, 1.165) is 0 Å². The van der Waals surface area contributed by atoms with Crippen molar-refractivity contribution < 1.29 is 9.53 Å². The second kappa shape index (κ2) is 3.52. The van der Waals surface area contributed by atoms with Crippen LogP contribution in [-0.4, -0.2) is 12.6 Å². The second-order valence-corrected chi connectivity index (χ2v) is 3.88. The van der Waals surface area contributed by atoms with Crippen molar-refractivity contribution >= 4 is 5.97 Å². The lowest BCUT2D eigenvalue weighted by atomic mass is 10.1. The molecule has 2 aliphatic rings. The lowest BCUT2D eigenvalue weighted by Gasteiger charge is -2.00. The maximum absolute atomic E-state index is 11.4. The van der Waals surface area contributed by atoms with Gasteiger partial charge in [-0.1, -0.05) is 12.2 Å². The summed E-state index contributed by atoms with van der Waals surface area (Å²) >= 11 is 0. The average molecular weight is 180 g/mol. The van der Waals surface area contributed by atoms with Crippen LogP contribution < -0.4 is 0 Å². The van der Waals surface area contributed by atoms with Gasteiger partial charge in [0.1, 0.15) is 0 Å². The predicted molar refractivity (Wildman–Crippen MR) is 50.1 cm³/mol. The zero-order valence-corrected chi connectivity index (χ0v) is 8.03. The lowest BCUT2D eigenvalue weighted by Crippen LogP contribution is -2.08. The van der Waals surface area contributed by atoms with Crippen LogP contribution in [0.4, 0.5) is 0 Å². The summed E-state index contributed by atoms with van der Waals surface area (Å²) in [5.74, 6) is 1.31. The van der Waals surface area contributed by atoms with Gasteiger partial charge in [0.2, 0.25) is 0 Å². The van der Waals surface area contributed by atoms with E-state index in [4.69, 9.17) is 4.74 Å². The summed E-state index contributed by atoms with van der Waals surface area (Å²) in [6.45, 7) is 2.38. The first-order chi connectivity index (χ1) is 6.34. The highest BCUT2D eigenvalue weighted by Crippen LogP contribution is 2.52. The predicted octanol–water partition coefficient (Wildman–Crippen LogP) is 2.15. The largest absolute Gasteiger partial charge is 0.466 e. The van der Waals surface area contributed by atoms with Gasteiger partial charge in [-0.2, -0.15) is 0 Å². The molecule has 0 amide bonds. The van der Waals surface area contributed by atoms with Crippen LogP contribution in [0, 0.1) is 17.8 Å². The van der Waals surface area contributed by atoms with Crippen LogP contribution in [0.15, 0.2) is 12.2 Å². The summed E-state index contributed by atoms with van der Waals surface area (Å²) in [5, 5.41) is 0. The van der Waals surface area contributed by atoms with E-state index >= 15 is 0 Å². The Kier molecular flexibility index (Phi) is 2.38. The second-order valence-electron chi connectivity index (χ2n) is 3.88. The topological polar surface area (TPSA) is 26.3 Å². The monoisotopic (exact) mass is 180 g/mol. The molecular weight excluding hydrogens is 164 g/mol. The van der Waals surface area contributed by atoms with Gasteiger partial charge in [-0.25, -0.2) is 0 Å². The van der Waals surface area contributed by atoms with E-state index in [1.807, 2.05) is 6.92 Å². The standard InChI is InChI=1S/C11H16O2/c1-2-13-11(12)10-8-6-4-3-5-7-9(8)10/h4,6,8-10H,2-3,5,7H2,1H3/t8-,9+,10-/m1/s1. The minimum atomic E-state index is 0.0176. The average Bonchev–Trinajstić information content (AvgIpc) is 2.77. The lowest BCUT2D eigenvalue weighted by molar-refractivity contribution is -0.145. The zero-order valence-electron chi connectivity index (χ0n) is 8.03.